The Bertz CT molecular complexity index is 920. The predicted octanol–water partition coefficient (Wildman–Crippen LogP) is 1.25. The van der Waals surface area contributed by atoms with Crippen molar-refractivity contribution >= 4 is 22.8 Å². The predicted molar refractivity (Wildman–Crippen MR) is 106 cm³/mol. The van der Waals surface area contributed by atoms with Gasteiger partial charge in [0.15, 0.2) is 5.82 Å². The molecule has 2 fully saturated rings. The van der Waals surface area contributed by atoms with Gasteiger partial charge in [0.2, 0.25) is 0 Å². The number of carboxylic acid groups (broad SMARTS) is 1. The lowest BCUT2D eigenvalue weighted by Gasteiger charge is -2.39. The fourth-order valence-corrected chi connectivity index (χ4v) is 4.38. The number of nitrogens with zero attached hydrogens (tertiary/aromatic N) is 3. The highest BCUT2D eigenvalue weighted by molar-refractivity contribution is 5.76. The molecule has 0 amide bonds. The Labute approximate surface area is 163 Å². The molecule has 8 nitrogen and oxygen atoms in total. The maximum atomic E-state index is 13.4. The molecule has 0 spiro atoms. The van der Waals surface area contributed by atoms with E-state index in [1.54, 1.807) is 7.11 Å². The number of nitrogens with one attached hydrogen (secondary N) is 1. The Morgan fingerprint density at radius 2 is 2.14 bits per heavy atom. The van der Waals surface area contributed by atoms with Crippen molar-refractivity contribution in [3.05, 3.63) is 34.6 Å². The molecule has 28 heavy (non-hydrogen) atoms. The third-order valence-electron chi connectivity index (χ3n) is 5.70. The molecule has 3 heterocycles. The van der Waals surface area contributed by atoms with Crippen LogP contribution in [0.3, 0.4) is 0 Å². The molecular formula is C20H26N4O4. The number of aromatic nitrogens is 2. The summed E-state index contributed by atoms with van der Waals surface area (Å²) in [6.07, 6.45) is 1.82. The summed E-state index contributed by atoms with van der Waals surface area (Å²) < 4.78 is 7.19. The molecule has 2 N–H and O–H groups in total. The summed E-state index contributed by atoms with van der Waals surface area (Å²) in [6, 6.07) is 8.03. The number of carbonyl (C=O) groups is 1. The van der Waals surface area contributed by atoms with E-state index in [0.717, 1.165) is 30.4 Å². The number of aliphatic carboxylic acids is 1. The first-order valence-corrected chi connectivity index (χ1v) is 9.77. The molecule has 8 heteroatoms. The van der Waals surface area contributed by atoms with Crippen LogP contribution >= 0.6 is 0 Å². The minimum Gasteiger partial charge on any atom is -0.481 e. The minimum absolute atomic E-state index is 0.0728. The normalized spacial score (nSPS) is 23.0. The van der Waals surface area contributed by atoms with Gasteiger partial charge in [-0.1, -0.05) is 12.1 Å². The topological polar surface area (TPSA) is 96.7 Å². The average Bonchev–Trinajstić information content (AvgIpc) is 2.64. The fourth-order valence-electron chi connectivity index (χ4n) is 4.38. The number of anilines is 1. The first kappa shape index (κ1) is 18.9. The van der Waals surface area contributed by atoms with Crippen LogP contribution in [0.5, 0.6) is 0 Å². The third kappa shape index (κ3) is 3.62. The smallest absolute Gasteiger partial charge is 0.303 e. The highest BCUT2D eigenvalue weighted by Gasteiger charge is 2.33. The minimum atomic E-state index is -0.799. The zero-order chi connectivity index (χ0) is 19.7. The van der Waals surface area contributed by atoms with Gasteiger partial charge in [0.05, 0.1) is 24.1 Å². The molecule has 4 rings (SSSR count). The van der Waals surface area contributed by atoms with Crippen LogP contribution in [-0.4, -0.2) is 60.0 Å². The van der Waals surface area contributed by atoms with E-state index in [4.69, 9.17) is 9.84 Å². The van der Waals surface area contributed by atoms with Gasteiger partial charge in [-0.05, 0) is 31.5 Å². The van der Waals surface area contributed by atoms with Crippen LogP contribution in [-0.2, 0) is 9.53 Å². The Hall–Kier alpha value is -2.45. The summed E-state index contributed by atoms with van der Waals surface area (Å²) >= 11 is 0. The lowest BCUT2D eigenvalue weighted by Crippen LogP contribution is -2.51. The summed E-state index contributed by atoms with van der Waals surface area (Å²) in [6.45, 7) is 2.57. The number of carboxylic acids is 1. The van der Waals surface area contributed by atoms with E-state index in [9.17, 15) is 9.59 Å². The Kier molecular flexibility index (Phi) is 5.32. The number of ether oxygens (including phenoxy) is 1. The van der Waals surface area contributed by atoms with E-state index in [1.807, 2.05) is 33.7 Å². The van der Waals surface area contributed by atoms with Crippen molar-refractivity contribution in [2.45, 2.75) is 31.3 Å². The average molecular weight is 386 g/mol. The second-order valence-electron chi connectivity index (χ2n) is 7.75. The largest absolute Gasteiger partial charge is 0.481 e. The molecule has 150 valence electrons. The van der Waals surface area contributed by atoms with E-state index in [0.29, 0.717) is 25.5 Å². The Morgan fingerprint density at radius 1 is 1.36 bits per heavy atom. The number of hydrogen-bond acceptors (Lipinski definition) is 6. The standard InChI is InChI=1S/C20H26N4O4/c1-28-12-14-9-15(6-7-21-14)24-17-5-3-2-4-16(17)22-19(20(24)27)23-10-13(11-23)8-18(25)26/h2-5,13-15,21H,6-12H2,1H3,(H,25,26)/t14-,15+/m0/s1. The summed E-state index contributed by atoms with van der Waals surface area (Å²) in [5.41, 5.74) is 1.55. The van der Waals surface area contributed by atoms with Gasteiger partial charge in [-0.2, -0.15) is 0 Å². The van der Waals surface area contributed by atoms with Crippen molar-refractivity contribution in [2.24, 2.45) is 5.92 Å². The number of methoxy groups -OCH3 is 1. The van der Waals surface area contributed by atoms with Gasteiger partial charge in [0.25, 0.3) is 5.56 Å². The van der Waals surface area contributed by atoms with E-state index in [1.165, 1.54) is 0 Å². The van der Waals surface area contributed by atoms with Crippen molar-refractivity contribution in [3.63, 3.8) is 0 Å². The number of rotatable bonds is 6. The van der Waals surface area contributed by atoms with Crippen LogP contribution in [0.4, 0.5) is 5.82 Å². The van der Waals surface area contributed by atoms with Crippen molar-refractivity contribution in [1.29, 1.82) is 0 Å². The van der Waals surface area contributed by atoms with Crippen molar-refractivity contribution < 1.29 is 14.6 Å². The SMILES string of the molecule is COC[C@@H]1C[C@H](n2c(=O)c(N3CC(CC(=O)O)C3)nc3ccccc32)CCN1. The summed E-state index contributed by atoms with van der Waals surface area (Å²) in [5.74, 6) is -0.293. The van der Waals surface area contributed by atoms with Gasteiger partial charge in [-0.3, -0.25) is 9.59 Å². The van der Waals surface area contributed by atoms with E-state index < -0.39 is 5.97 Å². The quantitative estimate of drug-likeness (QED) is 0.771. The fraction of sp³-hybridized carbons (Fsp3) is 0.550. The van der Waals surface area contributed by atoms with Crippen LogP contribution in [0, 0.1) is 5.92 Å². The molecule has 2 aliphatic rings. The Balaban J connectivity index is 1.68. The highest BCUT2D eigenvalue weighted by Crippen LogP contribution is 2.28. The molecule has 2 saturated heterocycles. The molecular weight excluding hydrogens is 360 g/mol. The number of para-hydroxylation sites is 2. The molecule has 2 atom stereocenters. The molecule has 1 aromatic carbocycles. The molecule has 2 aliphatic heterocycles. The Morgan fingerprint density at radius 3 is 2.89 bits per heavy atom. The van der Waals surface area contributed by atoms with Crippen LogP contribution in [0.1, 0.15) is 25.3 Å². The van der Waals surface area contributed by atoms with Gasteiger partial charge in [-0.15, -0.1) is 0 Å². The number of fused-ring (bicyclic) bond motifs is 1. The zero-order valence-corrected chi connectivity index (χ0v) is 16.0. The molecule has 0 radical (unpaired) electrons. The molecule has 0 saturated carbocycles. The number of hydrogen-bond donors (Lipinski definition) is 2. The molecule has 2 aromatic rings. The van der Waals surface area contributed by atoms with Crippen molar-refractivity contribution in [2.75, 3.05) is 38.3 Å². The second kappa shape index (κ2) is 7.89. The van der Waals surface area contributed by atoms with Crippen LogP contribution in [0.2, 0.25) is 0 Å². The summed E-state index contributed by atoms with van der Waals surface area (Å²) in [4.78, 5) is 30.9. The van der Waals surface area contributed by atoms with Crippen LogP contribution in [0.25, 0.3) is 11.0 Å². The molecule has 0 unspecified atom stereocenters. The van der Waals surface area contributed by atoms with Gasteiger partial charge in [0.1, 0.15) is 0 Å². The summed E-state index contributed by atoms with van der Waals surface area (Å²) in [5, 5.41) is 12.4. The van der Waals surface area contributed by atoms with Gasteiger partial charge >= 0.3 is 5.97 Å². The maximum absolute atomic E-state index is 13.4. The van der Waals surface area contributed by atoms with Crippen molar-refractivity contribution in [1.82, 2.24) is 14.9 Å². The van der Waals surface area contributed by atoms with Gasteiger partial charge < -0.3 is 24.6 Å². The van der Waals surface area contributed by atoms with Crippen molar-refractivity contribution in [3.8, 4) is 0 Å². The lowest BCUT2D eigenvalue weighted by atomic mass is 9.96. The molecule has 0 aliphatic carbocycles. The van der Waals surface area contributed by atoms with Crippen LogP contribution < -0.4 is 15.8 Å². The summed E-state index contributed by atoms with van der Waals surface area (Å²) in [7, 11) is 1.69. The first-order valence-electron chi connectivity index (χ1n) is 9.77. The van der Waals surface area contributed by atoms with Crippen LogP contribution in [0.15, 0.2) is 29.1 Å². The number of piperidine rings is 1. The molecule has 0 bridgehead atoms. The van der Waals surface area contributed by atoms with Gasteiger partial charge in [-0.25, -0.2) is 4.98 Å². The third-order valence-corrected chi connectivity index (χ3v) is 5.70. The molecule has 1 aromatic heterocycles. The number of benzene rings is 1. The monoisotopic (exact) mass is 386 g/mol. The maximum Gasteiger partial charge on any atom is 0.303 e. The zero-order valence-electron chi connectivity index (χ0n) is 16.0. The van der Waals surface area contributed by atoms with Gasteiger partial charge in [0, 0.05) is 38.2 Å². The lowest BCUT2D eigenvalue weighted by molar-refractivity contribution is -0.138. The van der Waals surface area contributed by atoms with E-state index in [-0.39, 0.29) is 30.0 Å². The first-order chi connectivity index (χ1) is 13.6. The van der Waals surface area contributed by atoms with E-state index in [2.05, 4.69) is 10.3 Å². The second-order valence-corrected chi connectivity index (χ2v) is 7.75. The highest BCUT2D eigenvalue weighted by atomic mass is 16.5. The van der Waals surface area contributed by atoms with E-state index >= 15 is 0 Å².